The van der Waals surface area contributed by atoms with Crippen molar-refractivity contribution in [3.63, 3.8) is 0 Å². The van der Waals surface area contributed by atoms with Gasteiger partial charge in [-0.05, 0) is 23.6 Å². The zero-order chi connectivity index (χ0) is 17.8. The smallest absolute Gasteiger partial charge is 0.269 e. The lowest BCUT2D eigenvalue weighted by molar-refractivity contribution is 0.0169. The number of aromatic nitrogens is 1. The Balaban J connectivity index is 1.48. The van der Waals surface area contributed by atoms with Gasteiger partial charge in [0.25, 0.3) is 5.91 Å². The van der Waals surface area contributed by atoms with Gasteiger partial charge in [0.1, 0.15) is 5.69 Å². The zero-order valence-electron chi connectivity index (χ0n) is 14.4. The molecule has 0 spiro atoms. The topological polar surface area (TPSA) is 54.5 Å². The highest BCUT2D eigenvalue weighted by atomic mass is 32.1. The van der Waals surface area contributed by atoms with Crippen LogP contribution in [-0.4, -0.2) is 48.6 Å². The summed E-state index contributed by atoms with van der Waals surface area (Å²) in [4.78, 5) is 20.8. The van der Waals surface area contributed by atoms with Crippen LogP contribution in [0.15, 0.2) is 53.9 Å². The number of carbonyl (C=O) groups is 1. The van der Waals surface area contributed by atoms with Crippen molar-refractivity contribution in [2.75, 3.05) is 32.8 Å². The molecule has 2 aromatic heterocycles. The third kappa shape index (κ3) is 3.77. The second-order valence-corrected chi connectivity index (χ2v) is 7.26. The highest BCUT2D eigenvalue weighted by molar-refractivity contribution is 7.10. The molecule has 1 amide bonds. The van der Waals surface area contributed by atoms with Crippen molar-refractivity contribution in [2.45, 2.75) is 6.04 Å². The van der Waals surface area contributed by atoms with E-state index in [1.54, 1.807) is 17.4 Å². The summed E-state index contributed by atoms with van der Waals surface area (Å²) in [7, 11) is 0. The lowest BCUT2D eigenvalue weighted by atomic mass is 10.1. The minimum Gasteiger partial charge on any atom is -0.379 e. The fourth-order valence-corrected chi connectivity index (χ4v) is 4.11. The molecule has 5 nitrogen and oxygen atoms in total. The van der Waals surface area contributed by atoms with Gasteiger partial charge in [-0.15, -0.1) is 11.3 Å². The molecule has 4 rings (SSSR count). The van der Waals surface area contributed by atoms with Gasteiger partial charge in [0.15, 0.2) is 0 Å². The fourth-order valence-electron chi connectivity index (χ4n) is 3.25. The number of hydrogen-bond donors (Lipinski definition) is 1. The van der Waals surface area contributed by atoms with Crippen LogP contribution in [0.3, 0.4) is 0 Å². The summed E-state index contributed by atoms with van der Waals surface area (Å²) in [5.74, 6) is -0.134. The number of nitrogens with one attached hydrogen (secondary N) is 1. The number of benzene rings is 1. The number of pyridine rings is 1. The van der Waals surface area contributed by atoms with Crippen LogP contribution >= 0.6 is 11.3 Å². The van der Waals surface area contributed by atoms with Gasteiger partial charge < -0.3 is 10.1 Å². The molecule has 26 heavy (non-hydrogen) atoms. The van der Waals surface area contributed by atoms with Gasteiger partial charge in [0.2, 0.25) is 0 Å². The van der Waals surface area contributed by atoms with Crippen LogP contribution in [0.4, 0.5) is 0 Å². The molecule has 0 aliphatic carbocycles. The molecule has 1 aromatic carbocycles. The Morgan fingerprint density at radius 1 is 1.15 bits per heavy atom. The molecule has 1 N–H and O–H groups in total. The molecule has 3 heterocycles. The first kappa shape index (κ1) is 17.1. The Morgan fingerprint density at radius 2 is 2.00 bits per heavy atom. The van der Waals surface area contributed by atoms with Crippen LogP contribution < -0.4 is 5.32 Å². The second kappa shape index (κ2) is 7.95. The second-order valence-electron chi connectivity index (χ2n) is 6.28. The van der Waals surface area contributed by atoms with Crippen molar-refractivity contribution in [1.82, 2.24) is 15.2 Å². The normalized spacial score (nSPS) is 16.5. The van der Waals surface area contributed by atoms with Gasteiger partial charge in [-0.1, -0.05) is 30.3 Å². The first-order chi connectivity index (χ1) is 12.8. The molecular weight excluding hydrogens is 346 g/mol. The first-order valence-corrected chi connectivity index (χ1v) is 9.68. The number of thiophene rings is 1. The average molecular weight is 367 g/mol. The van der Waals surface area contributed by atoms with Crippen LogP contribution in [0.5, 0.6) is 0 Å². The van der Waals surface area contributed by atoms with E-state index in [9.17, 15) is 4.79 Å². The Morgan fingerprint density at radius 3 is 2.81 bits per heavy atom. The number of morpholine rings is 1. The quantitative estimate of drug-likeness (QED) is 0.753. The third-order valence-electron chi connectivity index (χ3n) is 4.65. The molecule has 6 heteroatoms. The monoisotopic (exact) mass is 367 g/mol. The summed E-state index contributed by atoms with van der Waals surface area (Å²) in [5, 5.41) is 6.19. The Hall–Kier alpha value is -2.28. The molecular formula is C20H21N3O2S. The summed E-state index contributed by atoms with van der Waals surface area (Å²) in [6.07, 6.45) is 0. The molecule has 0 unspecified atom stereocenters. The molecule has 1 atom stereocenters. The predicted octanol–water partition coefficient (Wildman–Crippen LogP) is 3.10. The van der Waals surface area contributed by atoms with E-state index in [0.29, 0.717) is 12.2 Å². The number of nitrogens with zero attached hydrogens (tertiary/aromatic N) is 2. The molecule has 1 aliphatic heterocycles. The van der Waals surface area contributed by atoms with Crippen LogP contribution in [0.2, 0.25) is 0 Å². The standard InChI is InChI=1S/C20H21N3O2S/c24-20(17-8-7-15-4-1-2-5-16(15)22-17)21-14-18(19-6-3-13-26-19)23-9-11-25-12-10-23/h1-8,13,18H,9-12,14H2,(H,21,24)/t18-/m0/s1. The van der Waals surface area contributed by atoms with E-state index in [1.807, 2.05) is 30.3 Å². The van der Waals surface area contributed by atoms with Crippen molar-refractivity contribution in [3.05, 3.63) is 64.5 Å². The van der Waals surface area contributed by atoms with Crippen LogP contribution in [0.25, 0.3) is 10.9 Å². The van der Waals surface area contributed by atoms with Crippen molar-refractivity contribution in [2.24, 2.45) is 0 Å². The Labute approximate surface area is 156 Å². The van der Waals surface area contributed by atoms with E-state index in [2.05, 4.69) is 32.7 Å². The number of fused-ring (bicyclic) bond motifs is 1. The molecule has 0 radical (unpaired) electrons. The first-order valence-electron chi connectivity index (χ1n) is 8.80. The maximum absolute atomic E-state index is 12.6. The maximum atomic E-state index is 12.6. The molecule has 1 fully saturated rings. The number of hydrogen-bond acceptors (Lipinski definition) is 5. The fraction of sp³-hybridized carbons (Fsp3) is 0.300. The molecule has 134 valence electrons. The van der Waals surface area contributed by atoms with Gasteiger partial charge in [-0.25, -0.2) is 4.98 Å². The average Bonchev–Trinajstić information content (AvgIpc) is 3.23. The van der Waals surface area contributed by atoms with E-state index < -0.39 is 0 Å². The molecule has 0 bridgehead atoms. The van der Waals surface area contributed by atoms with E-state index in [-0.39, 0.29) is 11.9 Å². The van der Waals surface area contributed by atoms with Crippen molar-refractivity contribution < 1.29 is 9.53 Å². The Kier molecular flexibility index (Phi) is 5.24. The predicted molar refractivity (Wildman–Crippen MR) is 104 cm³/mol. The largest absolute Gasteiger partial charge is 0.379 e. The summed E-state index contributed by atoms with van der Waals surface area (Å²) in [5.41, 5.74) is 1.29. The number of ether oxygens (including phenoxy) is 1. The lowest BCUT2D eigenvalue weighted by Crippen LogP contribution is -2.43. The third-order valence-corrected chi connectivity index (χ3v) is 5.62. The van der Waals surface area contributed by atoms with E-state index in [1.165, 1.54) is 4.88 Å². The number of carbonyl (C=O) groups excluding carboxylic acids is 1. The SMILES string of the molecule is O=C(NC[C@@H](c1cccs1)N1CCOCC1)c1ccc2ccccc2n1. The van der Waals surface area contributed by atoms with E-state index >= 15 is 0 Å². The molecule has 1 aliphatic rings. The summed E-state index contributed by atoms with van der Waals surface area (Å²) < 4.78 is 5.47. The van der Waals surface area contributed by atoms with Gasteiger partial charge in [0, 0.05) is 29.9 Å². The van der Waals surface area contributed by atoms with Crippen LogP contribution in [0, 0.1) is 0 Å². The molecule has 0 saturated carbocycles. The summed E-state index contributed by atoms with van der Waals surface area (Å²) in [6, 6.07) is 15.9. The van der Waals surface area contributed by atoms with Crippen LogP contribution in [-0.2, 0) is 4.74 Å². The summed E-state index contributed by atoms with van der Waals surface area (Å²) >= 11 is 1.72. The van der Waals surface area contributed by atoms with E-state index in [4.69, 9.17) is 4.74 Å². The minimum absolute atomic E-state index is 0.134. The van der Waals surface area contributed by atoms with Gasteiger partial charge in [-0.2, -0.15) is 0 Å². The molecule has 3 aromatic rings. The van der Waals surface area contributed by atoms with Crippen LogP contribution in [0.1, 0.15) is 21.4 Å². The van der Waals surface area contributed by atoms with Gasteiger partial charge in [-0.3, -0.25) is 9.69 Å². The molecule has 1 saturated heterocycles. The minimum atomic E-state index is -0.134. The highest BCUT2D eigenvalue weighted by Gasteiger charge is 2.24. The van der Waals surface area contributed by atoms with Gasteiger partial charge >= 0.3 is 0 Å². The maximum Gasteiger partial charge on any atom is 0.269 e. The van der Waals surface area contributed by atoms with E-state index in [0.717, 1.165) is 37.2 Å². The zero-order valence-corrected chi connectivity index (χ0v) is 15.2. The van der Waals surface area contributed by atoms with Gasteiger partial charge in [0.05, 0.1) is 24.8 Å². The number of para-hydroxylation sites is 1. The number of amides is 1. The van der Waals surface area contributed by atoms with Crippen molar-refractivity contribution in [3.8, 4) is 0 Å². The number of rotatable bonds is 5. The lowest BCUT2D eigenvalue weighted by Gasteiger charge is -2.34. The summed E-state index contributed by atoms with van der Waals surface area (Å²) in [6.45, 7) is 3.80. The van der Waals surface area contributed by atoms with Crippen molar-refractivity contribution >= 4 is 28.1 Å². The van der Waals surface area contributed by atoms with Crippen molar-refractivity contribution in [1.29, 1.82) is 0 Å². The highest BCUT2D eigenvalue weighted by Crippen LogP contribution is 2.25. The Bertz CT molecular complexity index is 876.